The number of carbonyl (C=O) groups excluding carboxylic acids is 1. The van der Waals surface area contributed by atoms with Crippen LogP contribution in [0.4, 0.5) is 5.13 Å². The normalized spacial score (nSPS) is 17.9. The summed E-state index contributed by atoms with van der Waals surface area (Å²) in [6, 6.07) is 23.2. The maximum absolute atomic E-state index is 13.0. The Kier molecular flexibility index (Phi) is 6.70. The van der Waals surface area contributed by atoms with Gasteiger partial charge in [-0.15, -0.1) is 0 Å². The molecule has 1 saturated carbocycles. The molecule has 2 aromatic heterocycles. The van der Waals surface area contributed by atoms with Crippen LogP contribution >= 0.6 is 11.3 Å². The van der Waals surface area contributed by atoms with Crippen LogP contribution in [0.3, 0.4) is 0 Å². The monoisotopic (exact) mass is 518 g/mol. The number of sulfonamides is 1. The number of nitrogens with one attached hydrogen (secondary N) is 2. The largest absolute Gasteiger partial charge is 0.301 e. The van der Waals surface area contributed by atoms with Crippen molar-refractivity contribution in [2.75, 3.05) is 5.32 Å². The first-order valence-corrected chi connectivity index (χ1v) is 14.0. The molecule has 4 aromatic rings. The molecule has 3 atom stereocenters. The molecule has 1 aliphatic rings. The van der Waals surface area contributed by atoms with E-state index in [0.717, 1.165) is 40.1 Å². The van der Waals surface area contributed by atoms with E-state index in [1.807, 2.05) is 79.7 Å². The van der Waals surface area contributed by atoms with Crippen LogP contribution in [0.5, 0.6) is 0 Å². The van der Waals surface area contributed by atoms with Gasteiger partial charge in [0.1, 0.15) is 0 Å². The molecule has 0 spiro atoms. The first-order valence-electron chi connectivity index (χ1n) is 11.7. The molecule has 0 bridgehead atoms. The van der Waals surface area contributed by atoms with Crippen molar-refractivity contribution in [3.63, 3.8) is 0 Å². The number of benzene rings is 2. The van der Waals surface area contributed by atoms with Crippen molar-refractivity contribution < 1.29 is 13.2 Å². The number of anilines is 1. The second-order valence-electron chi connectivity index (χ2n) is 8.92. The minimum atomic E-state index is -3.74. The highest BCUT2D eigenvalue weighted by atomic mass is 32.2. The second kappa shape index (κ2) is 9.93. The fourth-order valence-corrected chi connectivity index (χ4v) is 6.90. The van der Waals surface area contributed by atoms with Crippen LogP contribution in [0, 0.1) is 6.92 Å². The first-order chi connectivity index (χ1) is 17.3. The Balaban J connectivity index is 1.23. The molecule has 7 nitrogen and oxygen atoms in total. The molecule has 5 rings (SSSR count). The van der Waals surface area contributed by atoms with Crippen LogP contribution in [0.15, 0.2) is 83.2 Å². The maximum Gasteiger partial charge on any atom is 0.252 e. The Morgan fingerprint density at radius 1 is 1.03 bits per heavy atom. The third-order valence-electron chi connectivity index (χ3n) is 6.32. The number of aromatic nitrogens is 2. The van der Waals surface area contributed by atoms with Gasteiger partial charge in [0.05, 0.1) is 17.3 Å². The van der Waals surface area contributed by atoms with Crippen LogP contribution in [0.2, 0.25) is 0 Å². The van der Waals surface area contributed by atoms with Crippen LogP contribution in [0.25, 0.3) is 11.3 Å². The average Bonchev–Trinajstić information content (AvgIpc) is 3.55. The van der Waals surface area contributed by atoms with Gasteiger partial charge in [-0.3, -0.25) is 9.78 Å². The van der Waals surface area contributed by atoms with E-state index in [1.165, 1.54) is 0 Å². The third kappa shape index (κ3) is 5.23. The average molecular weight is 519 g/mol. The number of rotatable bonds is 8. The summed E-state index contributed by atoms with van der Waals surface area (Å²) < 4.78 is 29.0. The highest BCUT2D eigenvalue weighted by Gasteiger charge is 2.42. The molecule has 1 fully saturated rings. The van der Waals surface area contributed by atoms with E-state index in [-0.39, 0.29) is 27.2 Å². The van der Waals surface area contributed by atoms with Crippen LogP contribution < -0.4 is 10.0 Å². The minimum absolute atomic E-state index is 0.129. The van der Waals surface area contributed by atoms with Gasteiger partial charge in [0.2, 0.25) is 5.91 Å². The molecule has 0 saturated heterocycles. The van der Waals surface area contributed by atoms with Gasteiger partial charge in [0, 0.05) is 23.7 Å². The van der Waals surface area contributed by atoms with Crippen molar-refractivity contribution in [1.29, 1.82) is 0 Å². The molecule has 1 aliphatic carbocycles. The molecule has 1 amide bonds. The fraction of sp³-hybridized carbons (Fsp3) is 0.222. The number of aryl methyl sites for hydroxylation is 1. The van der Waals surface area contributed by atoms with Gasteiger partial charge in [-0.1, -0.05) is 72.0 Å². The summed E-state index contributed by atoms with van der Waals surface area (Å²) in [4.78, 5) is 21.6. The van der Waals surface area contributed by atoms with Crippen LogP contribution in [-0.4, -0.2) is 30.3 Å². The lowest BCUT2D eigenvalue weighted by atomic mass is 9.98. The van der Waals surface area contributed by atoms with Gasteiger partial charge in [-0.25, -0.2) is 18.1 Å². The highest BCUT2D eigenvalue weighted by Crippen LogP contribution is 2.42. The van der Waals surface area contributed by atoms with Crippen molar-refractivity contribution in [3.05, 3.63) is 95.8 Å². The van der Waals surface area contributed by atoms with E-state index in [2.05, 4.69) is 20.0 Å². The number of carbonyl (C=O) groups is 1. The SMILES string of the molecule is Cc1nc(NC(=O)C(C)c2ccc(-c3ccccn3)cc2)sc1S(=O)(=O)NC1CC1c1ccccc1. The number of hydrogen-bond acceptors (Lipinski definition) is 6. The first kappa shape index (κ1) is 24.3. The van der Waals surface area contributed by atoms with Gasteiger partial charge in [0.15, 0.2) is 9.34 Å². The lowest BCUT2D eigenvalue weighted by Crippen LogP contribution is -2.26. The predicted molar refractivity (Wildman–Crippen MR) is 141 cm³/mol. The van der Waals surface area contributed by atoms with Gasteiger partial charge in [-0.05, 0) is 43.5 Å². The van der Waals surface area contributed by atoms with Crippen molar-refractivity contribution in [2.45, 2.75) is 42.4 Å². The molecule has 3 unspecified atom stereocenters. The molecule has 0 radical (unpaired) electrons. The van der Waals surface area contributed by atoms with E-state index in [9.17, 15) is 13.2 Å². The van der Waals surface area contributed by atoms with Crippen molar-refractivity contribution in [2.24, 2.45) is 0 Å². The van der Waals surface area contributed by atoms with E-state index in [0.29, 0.717) is 5.69 Å². The quantitative estimate of drug-likeness (QED) is 0.338. The van der Waals surface area contributed by atoms with Gasteiger partial charge in [0.25, 0.3) is 10.0 Å². The molecule has 2 N–H and O–H groups in total. The Morgan fingerprint density at radius 3 is 2.44 bits per heavy atom. The summed E-state index contributed by atoms with van der Waals surface area (Å²) in [5, 5.41) is 3.06. The Morgan fingerprint density at radius 2 is 1.75 bits per heavy atom. The predicted octanol–water partition coefficient (Wildman–Crippen LogP) is 5.09. The van der Waals surface area contributed by atoms with Crippen LogP contribution in [-0.2, 0) is 14.8 Å². The zero-order valence-corrected chi connectivity index (χ0v) is 21.5. The number of hydrogen-bond donors (Lipinski definition) is 2. The molecule has 0 aliphatic heterocycles. The fourth-order valence-electron chi connectivity index (χ4n) is 4.17. The Bertz CT molecular complexity index is 1470. The molecular formula is C27H26N4O3S2. The summed E-state index contributed by atoms with van der Waals surface area (Å²) in [7, 11) is -3.74. The molecule has 2 aromatic carbocycles. The molecular weight excluding hydrogens is 492 g/mol. The minimum Gasteiger partial charge on any atom is -0.301 e. The summed E-state index contributed by atoms with van der Waals surface area (Å²) >= 11 is 0.972. The van der Waals surface area contributed by atoms with Crippen molar-refractivity contribution in [3.8, 4) is 11.3 Å². The molecule has 2 heterocycles. The topological polar surface area (TPSA) is 101 Å². The van der Waals surface area contributed by atoms with Gasteiger partial charge < -0.3 is 5.32 Å². The lowest BCUT2D eigenvalue weighted by molar-refractivity contribution is -0.117. The Labute approximate surface area is 214 Å². The van der Waals surface area contributed by atoms with Gasteiger partial charge >= 0.3 is 0 Å². The van der Waals surface area contributed by atoms with Crippen molar-refractivity contribution in [1.82, 2.24) is 14.7 Å². The zero-order valence-electron chi connectivity index (χ0n) is 19.9. The number of nitrogens with zero attached hydrogens (tertiary/aromatic N) is 2. The summed E-state index contributed by atoms with van der Waals surface area (Å²) in [6.45, 7) is 3.45. The lowest BCUT2D eigenvalue weighted by Gasteiger charge is -2.12. The molecule has 184 valence electrons. The maximum atomic E-state index is 13.0. The highest BCUT2D eigenvalue weighted by molar-refractivity contribution is 7.91. The van der Waals surface area contributed by atoms with E-state index >= 15 is 0 Å². The standard InChI is InChI=1S/C27H26N4O3S2/c1-17(19-11-13-21(14-12-19)23-10-6-7-15-28-23)25(32)30-27-29-18(2)26(35-27)36(33,34)31-24-16-22(24)20-8-4-3-5-9-20/h3-15,17,22,24,31H,16H2,1-2H3,(H,29,30,32). The summed E-state index contributed by atoms with van der Waals surface area (Å²) in [5.41, 5.74) is 4.17. The van der Waals surface area contributed by atoms with E-state index < -0.39 is 15.9 Å². The summed E-state index contributed by atoms with van der Waals surface area (Å²) in [5.74, 6) is -0.515. The number of amides is 1. The summed E-state index contributed by atoms with van der Waals surface area (Å²) in [6.07, 6.45) is 2.51. The Hall–Kier alpha value is -3.40. The van der Waals surface area contributed by atoms with E-state index in [4.69, 9.17) is 0 Å². The molecule has 36 heavy (non-hydrogen) atoms. The molecule has 9 heteroatoms. The number of pyridine rings is 1. The smallest absolute Gasteiger partial charge is 0.252 e. The number of thiazole rings is 1. The van der Waals surface area contributed by atoms with Crippen LogP contribution in [0.1, 0.15) is 42.0 Å². The second-order valence-corrected chi connectivity index (χ2v) is 11.8. The third-order valence-corrected chi connectivity index (χ3v) is 9.49. The van der Waals surface area contributed by atoms with E-state index in [1.54, 1.807) is 13.1 Å². The van der Waals surface area contributed by atoms with Gasteiger partial charge in [-0.2, -0.15) is 0 Å². The van der Waals surface area contributed by atoms with Crippen molar-refractivity contribution >= 4 is 32.4 Å². The zero-order chi connectivity index (χ0) is 25.3.